The van der Waals surface area contributed by atoms with Crippen LogP contribution in [0.25, 0.3) is 5.57 Å². The highest BCUT2D eigenvalue weighted by Crippen LogP contribution is 2.34. The van der Waals surface area contributed by atoms with Gasteiger partial charge in [0, 0.05) is 36.6 Å². The molecule has 2 aromatic carbocycles. The average Bonchev–Trinajstić information content (AvgIpc) is 2.86. The van der Waals surface area contributed by atoms with Crippen LogP contribution in [0.5, 0.6) is 5.75 Å². The molecule has 1 saturated carbocycles. The molecule has 3 N–H and O–H groups in total. The Labute approximate surface area is 215 Å². The summed E-state index contributed by atoms with van der Waals surface area (Å²) in [5, 5.41) is 3.20. The SMILES string of the molecule is CN=C/C(=C\N)c1cc(OC)cc(C(C)NC(=O)c2cc(C3CCN(C4CCC4)CC3)ccc2C)c1. The Morgan fingerprint density at radius 2 is 1.92 bits per heavy atom. The summed E-state index contributed by atoms with van der Waals surface area (Å²) in [7, 11) is 3.35. The molecule has 6 heteroatoms. The first-order valence-corrected chi connectivity index (χ1v) is 13.1. The summed E-state index contributed by atoms with van der Waals surface area (Å²) >= 11 is 0. The van der Waals surface area contributed by atoms with E-state index in [1.807, 2.05) is 32.0 Å². The van der Waals surface area contributed by atoms with Crippen LogP contribution in [0.1, 0.15) is 83.6 Å². The lowest BCUT2D eigenvalue weighted by Crippen LogP contribution is -2.44. The molecule has 2 aliphatic rings. The Bertz CT molecular complexity index is 1130. The molecule has 192 valence electrons. The van der Waals surface area contributed by atoms with Crippen molar-refractivity contribution in [2.75, 3.05) is 27.2 Å². The number of ether oxygens (including phenoxy) is 1. The predicted molar refractivity (Wildman–Crippen MR) is 148 cm³/mol. The predicted octanol–water partition coefficient (Wildman–Crippen LogP) is 5.23. The minimum atomic E-state index is -0.210. The van der Waals surface area contributed by atoms with Gasteiger partial charge in [0.1, 0.15) is 5.75 Å². The number of nitrogens with zero attached hydrogens (tertiary/aromatic N) is 2. The fourth-order valence-corrected chi connectivity index (χ4v) is 5.36. The van der Waals surface area contributed by atoms with Crippen molar-refractivity contribution in [3.8, 4) is 5.75 Å². The molecule has 0 aromatic heterocycles. The third kappa shape index (κ3) is 5.81. The lowest BCUT2D eigenvalue weighted by Gasteiger charge is -2.42. The molecule has 1 aliphatic heterocycles. The molecule has 0 spiro atoms. The number of rotatable bonds is 8. The summed E-state index contributed by atoms with van der Waals surface area (Å²) in [6, 6.07) is 12.9. The van der Waals surface area contributed by atoms with Crippen LogP contribution >= 0.6 is 0 Å². The number of aliphatic imine (C=N–C) groups is 1. The summed E-state index contributed by atoms with van der Waals surface area (Å²) in [6.45, 7) is 6.34. The van der Waals surface area contributed by atoms with Crippen molar-refractivity contribution < 1.29 is 9.53 Å². The summed E-state index contributed by atoms with van der Waals surface area (Å²) in [6.07, 6.45) is 9.69. The largest absolute Gasteiger partial charge is 0.497 e. The first-order chi connectivity index (χ1) is 17.4. The number of hydrogen-bond donors (Lipinski definition) is 2. The molecule has 36 heavy (non-hydrogen) atoms. The van der Waals surface area contributed by atoms with E-state index < -0.39 is 0 Å². The maximum atomic E-state index is 13.4. The van der Waals surface area contributed by atoms with Crippen molar-refractivity contribution in [1.29, 1.82) is 0 Å². The van der Waals surface area contributed by atoms with Gasteiger partial charge in [0.15, 0.2) is 0 Å². The molecule has 4 rings (SSSR count). The summed E-state index contributed by atoms with van der Waals surface area (Å²) < 4.78 is 5.51. The summed E-state index contributed by atoms with van der Waals surface area (Å²) in [5.41, 5.74) is 11.5. The van der Waals surface area contributed by atoms with Gasteiger partial charge in [0.2, 0.25) is 0 Å². The monoisotopic (exact) mass is 488 g/mol. The second kappa shape index (κ2) is 11.7. The number of carbonyl (C=O) groups is 1. The standard InChI is InChI=1S/C30H40N4O2/c1-20-8-9-23(22-10-12-34(13-11-22)27-6-5-7-27)17-29(20)30(35)33-21(2)24-14-25(16-28(15-24)36-4)26(18-31)19-32-3/h8-9,14-19,21-22,27H,5-7,10-13,31H2,1-4H3,(H,33,35)/b26-18+,32-19?. The van der Waals surface area contributed by atoms with Crippen LogP contribution in [-0.4, -0.2) is 50.3 Å². The van der Waals surface area contributed by atoms with E-state index >= 15 is 0 Å². The Morgan fingerprint density at radius 1 is 1.17 bits per heavy atom. The Morgan fingerprint density at radius 3 is 2.53 bits per heavy atom. The first-order valence-electron chi connectivity index (χ1n) is 13.1. The molecular weight excluding hydrogens is 448 g/mol. The van der Waals surface area contributed by atoms with Gasteiger partial charge in [-0.2, -0.15) is 0 Å². The average molecular weight is 489 g/mol. The maximum Gasteiger partial charge on any atom is 0.252 e. The van der Waals surface area contributed by atoms with E-state index in [0.29, 0.717) is 11.7 Å². The fraction of sp³-hybridized carbons (Fsp3) is 0.467. The van der Waals surface area contributed by atoms with Crippen LogP contribution in [0.2, 0.25) is 0 Å². The number of benzene rings is 2. The van der Waals surface area contributed by atoms with Gasteiger partial charge < -0.3 is 20.7 Å². The van der Waals surface area contributed by atoms with Crippen LogP contribution in [0.15, 0.2) is 47.6 Å². The zero-order valence-electron chi connectivity index (χ0n) is 22.1. The number of nitrogens with two attached hydrogens (primary N) is 1. The molecule has 6 nitrogen and oxygen atoms in total. The molecule has 1 unspecified atom stereocenters. The van der Waals surface area contributed by atoms with E-state index in [1.54, 1.807) is 20.4 Å². The van der Waals surface area contributed by atoms with Gasteiger partial charge in [-0.1, -0.05) is 18.6 Å². The zero-order valence-corrected chi connectivity index (χ0v) is 22.1. The minimum absolute atomic E-state index is 0.0529. The van der Waals surface area contributed by atoms with Crippen LogP contribution in [-0.2, 0) is 0 Å². The summed E-state index contributed by atoms with van der Waals surface area (Å²) in [5.74, 6) is 1.18. The van der Waals surface area contributed by atoms with Gasteiger partial charge in [-0.15, -0.1) is 0 Å². The van der Waals surface area contributed by atoms with Gasteiger partial charge in [0.05, 0.1) is 13.2 Å². The van der Waals surface area contributed by atoms with Crippen molar-refractivity contribution in [1.82, 2.24) is 10.2 Å². The molecule has 1 amide bonds. The smallest absolute Gasteiger partial charge is 0.252 e. The Hall–Kier alpha value is -3.12. The highest BCUT2D eigenvalue weighted by atomic mass is 16.5. The van der Waals surface area contributed by atoms with Gasteiger partial charge in [-0.25, -0.2) is 0 Å². The zero-order chi connectivity index (χ0) is 25.7. The molecule has 0 bridgehead atoms. The Kier molecular flexibility index (Phi) is 8.47. The second-order valence-corrected chi connectivity index (χ2v) is 10.2. The third-order valence-corrected chi connectivity index (χ3v) is 7.89. The molecule has 2 fully saturated rings. The summed E-state index contributed by atoms with van der Waals surface area (Å²) in [4.78, 5) is 20.2. The van der Waals surface area contributed by atoms with Gasteiger partial charge >= 0.3 is 0 Å². The first kappa shape index (κ1) is 26.0. The number of piperidine rings is 1. The third-order valence-electron chi connectivity index (χ3n) is 7.89. The highest BCUT2D eigenvalue weighted by molar-refractivity contribution is 6.09. The van der Waals surface area contributed by atoms with Crippen molar-refractivity contribution in [2.45, 2.75) is 64.0 Å². The molecule has 1 atom stereocenters. The van der Waals surface area contributed by atoms with E-state index in [2.05, 4.69) is 33.4 Å². The topological polar surface area (TPSA) is 80.0 Å². The number of amides is 1. The minimum Gasteiger partial charge on any atom is -0.497 e. The van der Waals surface area contributed by atoms with E-state index in [9.17, 15) is 4.79 Å². The molecule has 1 aliphatic carbocycles. The van der Waals surface area contributed by atoms with Crippen molar-refractivity contribution in [3.63, 3.8) is 0 Å². The number of likely N-dealkylation sites (tertiary alicyclic amines) is 1. The molecule has 2 aromatic rings. The van der Waals surface area contributed by atoms with Crippen LogP contribution < -0.4 is 15.8 Å². The maximum absolute atomic E-state index is 13.4. The van der Waals surface area contributed by atoms with Crippen LogP contribution in [0.3, 0.4) is 0 Å². The molecular formula is C30H40N4O2. The van der Waals surface area contributed by atoms with Gasteiger partial charge in [0.25, 0.3) is 5.91 Å². The van der Waals surface area contributed by atoms with Crippen molar-refractivity contribution >= 4 is 17.7 Å². The van der Waals surface area contributed by atoms with Gasteiger partial charge in [-0.05, 0) is 105 Å². The Balaban J connectivity index is 1.48. The molecule has 1 heterocycles. The van der Waals surface area contributed by atoms with E-state index in [4.69, 9.17) is 10.5 Å². The number of nitrogens with one attached hydrogen (secondary N) is 1. The van der Waals surface area contributed by atoms with Crippen molar-refractivity contribution in [2.24, 2.45) is 10.7 Å². The number of hydrogen-bond acceptors (Lipinski definition) is 5. The van der Waals surface area contributed by atoms with Gasteiger partial charge in [-0.3, -0.25) is 9.79 Å². The van der Waals surface area contributed by atoms with E-state index in [-0.39, 0.29) is 11.9 Å². The van der Waals surface area contributed by atoms with E-state index in [0.717, 1.165) is 33.9 Å². The van der Waals surface area contributed by atoms with Crippen molar-refractivity contribution in [3.05, 3.63) is 70.4 Å². The van der Waals surface area contributed by atoms with Crippen LogP contribution in [0, 0.1) is 6.92 Å². The number of carbonyl (C=O) groups excluding carboxylic acids is 1. The second-order valence-electron chi connectivity index (χ2n) is 10.2. The normalized spacial score (nSPS) is 18.7. The number of allylic oxidation sites excluding steroid dienone is 1. The van der Waals surface area contributed by atoms with Crippen LogP contribution in [0.4, 0.5) is 0 Å². The quantitative estimate of drug-likeness (QED) is 0.499. The number of methoxy groups -OCH3 is 1. The lowest BCUT2D eigenvalue weighted by molar-refractivity contribution is 0.0938. The highest BCUT2D eigenvalue weighted by Gasteiger charge is 2.29. The number of aryl methyl sites for hydroxylation is 1. The molecule has 0 radical (unpaired) electrons. The molecule has 1 saturated heterocycles. The lowest BCUT2D eigenvalue weighted by atomic mass is 9.84. The van der Waals surface area contributed by atoms with E-state index in [1.165, 1.54) is 57.0 Å². The fourth-order valence-electron chi connectivity index (χ4n) is 5.36.